The van der Waals surface area contributed by atoms with E-state index in [0.29, 0.717) is 18.1 Å². The van der Waals surface area contributed by atoms with Gasteiger partial charge in [-0.3, -0.25) is 0 Å². The van der Waals surface area contributed by atoms with Crippen molar-refractivity contribution in [3.63, 3.8) is 0 Å². The molecule has 2 nitrogen and oxygen atoms in total. The maximum atomic E-state index is 5.93. The molecule has 1 aliphatic rings. The van der Waals surface area contributed by atoms with E-state index in [4.69, 9.17) is 4.74 Å². The zero-order valence-corrected chi connectivity index (χ0v) is 14.1. The van der Waals surface area contributed by atoms with Crippen molar-refractivity contribution in [1.29, 1.82) is 0 Å². The van der Waals surface area contributed by atoms with E-state index in [-0.39, 0.29) is 0 Å². The highest BCUT2D eigenvalue weighted by Crippen LogP contribution is 2.30. The molecule has 0 heterocycles. The smallest absolute Gasteiger partial charge is 0.0755 e. The van der Waals surface area contributed by atoms with Crippen LogP contribution in [0.1, 0.15) is 48.8 Å². The highest BCUT2D eigenvalue weighted by molar-refractivity contribution is 5.34. The molecule has 0 amide bonds. The molecule has 21 heavy (non-hydrogen) atoms. The van der Waals surface area contributed by atoms with Gasteiger partial charge < -0.3 is 10.1 Å². The molecule has 0 bridgehead atoms. The third-order valence-corrected chi connectivity index (χ3v) is 5.22. The predicted molar refractivity (Wildman–Crippen MR) is 89.8 cm³/mol. The monoisotopic (exact) mass is 289 g/mol. The molecule has 1 fully saturated rings. The number of hydrogen-bond donors (Lipinski definition) is 1. The van der Waals surface area contributed by atoms with Crippen molar-refractivity contribution in [2.24, 2.45) is 5.92 Å². The molecule has 0 aromatic heterocycles. The van der Waals surface area contributed by atoms with Crippen molar-refractivity contribution in [1.82, 2.24) is 5.32 Å². The van der Waals surface area contributed by atoms with E-state index >= 15 is 0 Å². The third-order valence-electron chi connectivity index (χ3n) is 5.22. The van der Waals surface area contributed by atoms with Crippen molar-refractivity contribution in [2.45, 2.75) is 64.5 Å². The lowest BCUT2D eigenvalue weighted by Crippen LogP contribution is -2.45. The van der Waals surface area contributed by atoms with Crippen LogP contribution in [0.15, 0.2) is 18.2 Å². The van der Waals surface area contributed by atoms with Crippen LogP contribution in [0, 0.1) is 19.8 Å². The van der Waals surface area contributed by atoms with Gasteiger partial charge in [-0.15, -0.1) is 0 Å². The number of benzene rings is 1. The van der Waals surface area contributed by atoms with Gasteiger partial charge in [-0.2, -0.15) is 0 Å². The molecule has 0 aliphatic heterocycles. The molecule has 2 rings (SSSR count). The summed E-state index contributed by atoms with van der Waals surface area (Å²) in [5.41, 5.74) is 4.28. The minimum absolute atomic E-state index is 0.328. The Morgan fingerprint density at radius 2 is 1.76 bits per heavy atom. The first-order valence-electron chi connectivity index (χ1n) is 8.42. The summed E-state index contributed by atoms with van der Waals surface area (Å²) >= 11 is 0. The summed E-state index contributed by atoms with van der Waals surface area (Å²) in [7, 11) is 3.96. The second kappa shape index (κ2) is 7.95. The average molecular weight is 289 g/mol. The minimum atomic E-state index is 0.328. The van der Waals surface area contributed by atoms with Gasteiger partial charge in [0.15, 0.2) is 0 Å². The summed E-state index contributed by atoms with van der Waals surface area (Å²) < 4.78 is 5.93. The Bertz CT molecular complexity index is 417. The Labute approximate surface area is 130 Å². The molecular formula is C19H31NO. The van der Waals surface area contributed by atoms with Gasteiger partial charge in [-0.25, -0.2) is 0 Å². The Morgan fingerprint density at radius 3 is 2.29 bits per heavy atom. The normalized spacial score (nSPS) is 19.4. The Balaban J connectivity index is 2.13. The number of likely N-dealkylation sites (N-methyl/N-ethyl adjacent to an activating group) is 1. The van der Waals surface area contributed by atoms with Gasteiger partial charge in [-0.1, -0.05) is 37.5 Å². The molecule has 2 atom stereocenters. The topological polar surface area (TPSA) is 21.3 Å². The van der Waals surface area contributed by atoms with Gasteiger partial charge in [0.05, 0.1) is 6.10 Å². The van der Waals surface area contributed by atoms with E-state index in [1.165, 1.54) is 48.8 Å². The van der Waals surface area contributed by atoms with Crippen LogP contribution in [0.25, 0.3) is 0 Å². The lowest BCUT2D eigenvalue weighted by molar-refractivity contribution is 0.0101. The summed E-state index contributed by atoms with van der Waals surface area (Å²) in [5.74, 6) is 0.713. The van der Waals surface area contributed by atoms with E-state index in [1.54, 1.807) is 0 Å². The van der Waals surface area contributed by atoms with Gasteiger partial charge in [0.1, 0.15) is 0 Å². The SMILES string of the molecule is CNC(Cc1c(C)cccc1C)C(OC)C1CCCCC1. The summed E-state index contributed by atoms with van der Waals surface area (Å²) in [4.78, 5) is 0. The maximum Gasteiger partial charge on any atom is 0.0755 e. The number of rotatable bonds is 6. The van der Waals surface area contributed by atoms with Crippen LogP contribution in [0.3, 0.4) is 0 Å². The van der Waals surface area contributed by atoms with Gasteiger partial charge in [0, 0.05) is 13.2 Å². The van der Waals surface area contributed by atoms with E-state index in [1.807, 2.05) is 7.11 Å². The molecule has 1 aromatic carbocycles. The molecular weight excluding hydrogens is 258 g/mol. The van der Waals surface area contributed by atoms with Gasteiger partial charge >= 0.3 is 0 Å². The summed E-state index contributed by atoms with van der Waals surface area (Å²) in [6, 6.07) is 6.99. The Morgan fingerprint density at radius 1 is 1.14 bits per heavy atom. The second-order valence-electron chi connectivity index (χ2n) is 6.57. The third kappa shape index (κ3) is 4.08. The number of hydrogen-bond acceptors (Lipinski definition) is 2. The largest absolute Gasteiger partial charge is 0.380 e. The van der Waals surface area contributed by atoms with Gasteiger partial charge in [0.2, 0.25) is 0 Å². The zero-order valence-electron chi connectivity index (χ0n) is 14.1. The lowest BCUT2D eigenvalue weighted by atomic mass is 9.80. The fourth-order valence-electron chi connectivity index (χ4n) is 3.92. The van der Waals surface area contributed by atoms with Crippen molar-refractivity contribution in [3.05, 3.63) is 34.9 Å². The molecule has 1 aromatic rings. The number of ether oxygens (including phenoxy) is 1. The van der Waals surface area contributed by atoms with Gasteiger partial charge in [-0.05, 0) is 62.8 Å². The Kier molecular flexibility index (Phi) is 6.25. The molecule has 1 saturated carbocycles. The number of aryl methyl sites for hydroxylation is 2. The number of nitrogens with one attached hydrogen (secondary N) is 1. The minimum Gasteiger partial charge on any atom is -0.380 e. The maximum absolute atomic E-state index is 5.93. The lowest BCUT2D eigenvalue weighted by Gasteiger charge is -2.35. The van der Waals surface area contributed by atoms with Crippen molar-refractivity contribution in [2.75, 3.05) is 14.2 Å². The number of methoxy groups -OCH3 is 1. The molecule has 1 aliphatic carbocycles. The summed E-state index contributed by atoms with van der Waals surface area (Å²) in [6.45, 7) is 4.44. The fraction of sp³-hybridized carbons (Fsp3) is 0.684. The standard InChI is InChI=1S/C19H31NO/c1-14-9-8-10-15(2)17(14)13-18(20-3)19(21-4)16-11-6-5-7-12-16/h8-10,16,18-20H,5-7,11-13H2,1-4H3. The Hall–Kier alpha value is -0.860. The first-order chi connectivity index (χ1) is 10.2. The highest BCUT2D eigenvalue weighted by atomic mass is 16.5. The van der Waals surface area contributed by atoms with Crippen molar-refractivity contribution >= 4 is 0 Å². The van der Waals surface area contributed by atoms with Crippen LogP contribution in [0.4, 0.5) is 0 Å². The molecule has 2 heteroatoms. The van der Waals surface area contributed by atoms with Crippen LogP contribution in [0.5, 0.6) is 0 Å². The fourth-order valence-corrected chi connectivity index (χ4v) is 3.92. The summed E-state index contributed by atoms with van der Waals surface area (Å²) in [5, 5.41) is 3.53. The second-order valence-corrected chi connectivity index (χ2v) is 6.57. The van der Waals surface area contributed by atoms with Crippen LogP contribution in [0.2, 0.25) is 0 Å². The molecule has 1 N–H and O–H groups in total. The van der Waals surface area contributed by atoms with E-state index < -0.39 is 0 Å². The van der Waals surface area contributed by atoms with E-state index in [0.717, 1.165) is 6.42 Å². The van der Waals surface area contributed by atoms with E-state index in [9.17, 15) is 0 Å². The van der Waals surface area contributed by atoms with Crippen LogP contribution in [-0.2, 0) is 11.2 Å². The first-order valence-corrected chi connectivity index (χ1v) is 8.42. The summed E-state index contributed by atoms with van der Waals surface area (Å²) in [6.07, 6.45) is 8.16. The van der Waals surface area contributed by atoms with E-state index in [2.05, 4.69) is 44.4 Å². The van der Waals surface area contributed by atoms with Gasteiger partial charge in [0.25, 0.3) is 0 Å². The van der Waals surface area contributed by atoms with Crippen molar-refractivity contribution < 1.29 is 4.74 Å². The van der Waals surface area contributed by atoms with Crippen LogP contribution in [-0.4, -0.2) is 26.3 Å². The quantitative estimate of drug-likeness (QED) is 0.853. The highest BCUT2D eigenvalue weighted by Gasteiger charge is 2.30. The first kappa shape index (κ1) is 16.5. The molecule has 0 spiro atoms. The molecule has 0 saturated heterocycles. The average Bonchev–Trinajstić information content (AvgIpc) is 2.51. The molecule has 0 radical (unpaired) electrons. The zero-order chi connectivity index (χ0) is 15.2. The van der Waals surface area contributed by atoms with Crippen molar-refractivity contribution in [3.8, 4) is 0 Å². The predicted octanol–water partition coefficient (Wildman–Crippen LogP) is 4.03. The van der Waals surface area contributed by atoms with Crippen LogP contribution >= 0.6 is 0 Å². The van der Waals surface area contributed by atoms with Crippen LogP contribution < -0.4 is 5.32 Å². The molecule has 2 unspecified atom stereocenters. The molecule has 118 valence electrons.